The minimum absolute atomic E-state index is 0.0741. The van der Waals surface area contributed by atoms with E-state index in [1.807, 2.05) is 30.0 Å². The van der Waals surface area contributed by atoms with Crippen LogP contribution < -0.4 is 5.73 Å². The highest BCUT2D eigenvalue weighted by atomic mass is 16.2. The van der Waals surface area contributed by atoms with Gasteiger partial charge in [-0.3, -0.25) is 9.78 Å². The molecule has 1 saturated carbocycles. The largest absolute Gasteiger partial charge is 0.332 e. The van der Waals surface area contributed by atoms with E-state index in [1.165, 1.54) is 0 Å². The lowest BCUT2D eigenvalue weighted by Crippen LogP contribution is -2.44. The molecule has 1 aromatic rings. The number of amides is 1. The second kappa shape index (κ2) is 5.96. The van der Waals surface area contributed by atoms with E-state index in [-0.39, 0.29) is 11.9 Å². The molecule has 0 spiro atoms. The van der Waals surface area contributed by atoms with Gasteiger partial charge in [0.15, 0.2) is 0 Å². The van der Waals surface area contributed by atoms with Gasteiger partial charge in [0.25, 0.3) is 0 Å². The van der Waals surface area contributed by atoms with Gasteiger partial charge in [0.2, 0.25) is 5.91 Å². The fourth-order valence-corrected chi connectivity index (χ4v) is 2.09. The molecule has 1 heterocycles. The fourth-order valence-electron chi connectivity index (χ4n) is 2.09. The molecule has 0 aromatic carbocycles. The van der Waals surface area contributed by atoms with Crippen molar-refractivity contribution in [2.45, 2.75) is 51.2 Å². The molecule has 18 heavy (non-hydrogen) atoms. The van der Waals surface area contributed by atoms with Crippen molar-refractivity contribution < 1.29 is 4.79 Å². The number of carbonyl (C=O) groups excluding carboxylic acids is 1. The highest BCUT2D eigenvalue weighted by molar-refractivity contribution is 5.82. The van der Waals surface area contributed by atoms with Crippen LogP contribution in [0.2, 0.25) is 0 Å². The zero-order chi connectivity index (χ0) is 13.0. The summed E-state index contributed by atoms with van der Waals surface area (Å²) >= 11 is 0. The first-order chi connectivity index (χ1) is 8.72. The Morgan fingerprint density at radius 2 is 2.33 bits per heavy atom. The third-order valence-corrected chi connectivity index (χ3v) is 3.25. The molecule has 0 bridgehead atoms. The Bertz CT molecular complexity index is 389. The molecule has 1 aliphatic rings. The van der Waals surface area contributed by atoms with E-state index in [4.69, 9.17) is 5.73 Å². The molecular formula is C14H21N3O. The van der Waals surface area contributed by atoms with E-state index in [1.54, 1.807) is 6.20 Å². The Labute approximate surface area is 108 Å². The number of nitrogens with zero attached hydrogens (tertiary/aromatic N) is 2. The zero-order valence-corrected chi connectivity index (χ0v) is 10.9. The van der Waals surface area contributed by atoms with E-state index in [0.29, 0.717) is 12.6 Å². The summed E-state index contributed by atoms with van der Waals surface area (Å²) in [6.45, 7) is 2.63. The summed E-state index contributed by atoms with van der Waals surface area (Å²) < 4.78 is 0. The van der Waals surface area contributed by atoms with Crippen LogP contribution in [-0.4, -0.2) is 27.9 Å². The van der Waals surface area contributed by atoms with E-state index in [9.17, 15) is 4.79 Å². The van der Waals surface area contributed by atoms with Crippen molar-refractivity contribution in [1.82, 2.24) is 9.88 Å². The lowest BCUT2D eigenvalue weighted by Gasteiger charge is -2.25. The third kappa shape index (κ3) is 3.29. The second-order valence-corrected chi connectivity index (χ2v) is 4.91. The standard InChI is InChI=1S/C14H21N3O/c1-2-5-13(15)14(18)17(12-7-8-12)10-11-6-3-4-9-16-11/h3-4,6,9,12-13H,2,5,7-8,10,15H2,1H3. The second-order valence-electron chi connectivity index (χ2n) is 4.91. The average Bonchev–Trinajstić information content (AvgIpc) is 3.21. The van der Waals surface area contributed by atoms with Gasteiger partial charge >= 0.3 is 0 Å². The average molecular weight is 247 g/mol. The van der Waals surface area contributed by atoms with Crippen LogP contribution in [-0.2, 0) is 11.3 Å². The van der Waals surface area contributed by atoms with Gasteiger partial charge in [-0.05, 0) is 31.4 Å². The first-order valence-corrected chi connectivity index (χ1v) is 6.68. The van der Waals surface area contributed by atoms with E-state index in [0.717, 1.165) is 31.4 Å². The first kappa shape index (κ1) is 13.0. The number of hydrogen-bond donors (Lipinski definition) is 1. The molecule has 4 nitrogen and oxygen atoms in total. The predicted molar refractivity (Wildman–Crippen MR) is 70.7 cm³/mol. The smallest absolute Gasteiger partial charge is 0.240 e. The number of hydrogen-bond acceptors (Lipinski definition) is 3. The molecule has 98 valence electrons. The summed E-state index contributed by atoms with van der Waals surface area (Å²) in [5, 5.41) is 0. The summed E-state index contributed by atoms with van der Waals surface area (Å²) in [5.74, 6) is 0.0741. The van der Waals surface area contributed by atoms with Crippen molar-refractivity contribution in [3.63, 3.8) is 0 Å². The lowest BCUT2D eigenvalue weighted by molar-refractivity contribution is -0.134. The minimum Gasteiger partial charge on any atom is -0.332 e. The van der Waals surface area contributed by atoms with Crippen LogP contribution in [0.25, 0.3) is 0 Å². The van der Waals surface area contributed by atoms with Gasteiger partial charge in [-0.15, -0.1) is 0 Å². The van der Waals surface area contributed by atoms with Gasteiger partial charge in [-0.2, -0.15) is 0 Å². The number of nitrogens with two attached hydrogens (primary N) is 1. The summed E-state index contributed by atoms with van der Waals surface area (Å²) in [7, 11) is 0. The normalized spacial score (nSPS) is 16.3. The van der Waals surface area contributed by atoms with Crippen molar-refractivity contribution in [2.24, 2.45) is 5.73 Å². The molecule has 2 N–H and O–H groups in total. The maximum Gasteiger partial charge on any atom is 0.240 e. The van der Waals surface area contributed by atoms with E-state index >= 15 is 0 Å². The Balaban J connectivity index is 2.02. The number of pyridine rings is 1. The lowest BCUT2D eigenvalue weighted by atomic mass is 10.1. The molecule has 1 amide bonds. The van der Waals surface area contributed by atoms with E-state index in [2.05, 4.69) is 4.98 Å². The molecule has 1 unspecified atom stereocenters. The number of aromatic nitrogens is 1. The molecular weight excluding hydrogens is 226 g/mol. The fraction of sp³-hybridized carbons (Fsp3) is 0.571. The molecule has 0 saturated heterocycles. The van der Waals surface area contributed by atoms with Gasteiger partial charge in [-0.25, -0.2) is 0 Å². The van der Waals surface area contributed by atoms with Crippen LogP contribution >= 0.6 is 0 Å². The van der Waals surface area contributed by atoms with Gasteiger partial charge in [-0.1, -0.05) is 19.4 Å². The SMILES string of the molecule is CCCC(N)C(=O)N(Cc1ccccn1)C1CC1. The molecule has 0 radical (unpaired) electrons. The van der Waals surface area contributed by atoms with Gasteiger partial charge in [0, 0.05) is 12.2 Å². The number of carbonyl (C=O) groups is 1. The molecule has 1 fully saturated rings. The predicted octanol–water partition coefficient (Wildman–Crippen LogP) is 1.70. The van der Waals surface area contributed by atoms with Gasteiger partial charge in [0.1, 0.15) is 0 Å². The molecule has 0 aliphatic heterocycles. The van der Waals surface area contributed by atoms with Crippen LogP contribution in [0.3, 0.4) is 0 Å². The Morgan fingerprint density at radius 1 is 1.56 bits per heavy atom. The van der Waals surface area contributed by atoms with Crippen LogP contribution in [0.4, 0.5) is 0 Å². The van der Waals surface area contributed by atoms with E-state index < -0.39 is 0 Å². The van der Waals surface area contributed by atoms with Crippen molar-refractivity contribution >= 4 is 5.91 Å². The monoisotopic (exact) mass is 247 g/mol. The van der Waals surface area contributed by atoms with Crippen LogP contribution in [0, 0.1) is 0 Å². The summed E-state index contributed by atoms with van der Waals surface area (Å²) in [6.07, 6.45) is 5.64. The highest BCUT2D eigenvalue weighted by Crippen LogP contribution is 2.28. The molecule has 1 aliphatic carbocycles. The maximum absolute atomic E-state index is 12.3. The quantitative estimate of drug-likeness (QED) is 0.832. The minimum atomic E-state index is -0.362. The van der Waals surface area contributed by atoms with Crippen molar-refractivity contribution in [3.05, 3.63) is 30.1 Å². The van der Waals surface area contributed by atoms with Crippen LogP contribution in [0.1, 0.15) is 38.3 Å². The molecule has 1 atom stereocenters. The Morgan fingerprint density at radius 3 is 2.89 bits per heavy atom. The number of rotatable bonds is 6. The van der Waals surface area contributed by atoms with Gasteiger partial charge in [0.05, 0.1) is 18.3 Å². The Hall–Kier alpha value is -1.42. The molecule has 4 heteroatoms. The summed E-state index contributed by atoms with van der Waals surface area (Å²) in [4.78, 5) is 18.5. The van der Waals surface area contributed by atoms with Crippen molar-refractivity contribution in [2.75, 3.05) is 0 Å². The first-order valence-electron chi connectivity index (χ1n) is 6.68. The van der Waals surface area contributed by atoms with Crippen molar-refractivity contribution in [1.29, 1.82) is 0 Å². The van der Waals surface area contributed by atoms with Crippen LogP contribution in [0.5, 0.6) is 0 Å². The van der Waals surface area contributed by atoms with Crippen molar-refractivity contribution in [3.8, 4) is 0 Å². The zero-order valence-electron chi connectivity index (χ0n) is 10.9. The molecule has 2 rings (SSSR count). The Kier molecular flexibility index (Phi) is 4.31. The summed E-state index contributed by atoms with van der Waals surface area (Å²) in [5.41, 5.74) is 6.87. The summed E-state index contributed by atoms with van der Waals surface area (Å²) in [6, 6.07) is 5.80. The molecule has 1 aromatic heterocycles. The highest BCUT2D eigenvalue weighted by Gasteiger charge is 2.34. The third-order valence-electron chi connectivity index (χ3n) is 3.25. The topological polar surface area (TPSA) is 59.2 Å². The maximum atomic E-state index is 12.3. The van der Waals surface area contributed by atoms with Gasteiger partial charge < -0.3 is 10.6 Å². The van der Waals surface area contributed by atoms with Crippen LogP contribution in [0.15, 0.2) is 24.4 Å².